The summed E-state index contributed by atoms with van der Waals surface area (Å²) in [5.74, 6) is -2.01. The van der Waals surface area contributed by atoms with E-state index in [1.807, 2.05) is 0 Å². The third-order valence-corrected chi connectivity index (χ3v) is 4.42. The van der Waals surface area contributed by atoms with Crippen molar-refractivity contribution in [1.29, 1.82) is 0 Å². The van der Waals surface area contributed by atoms with Crippen LogP contribution >= 0.6 is 0 Å². The van der Waals surface area contributed by atoms with Gasteiger partial charge in [-0.15, -0.1) is 0 Å². The zero-order chi connectivity index (χ0) is 17.6. The molecule has 2 heterocycles. The van der Waals surface area contributed by atoms with Gasteiger partial charge in [-0.1, -0.05) is 0 Å². The Morgan fingerprint density at radius 1 is 1.38 bits per heavy atom. The molecule has 2 amide bonds. The highest BCUT2D eigenvalue weighted by molar-refractivity contribution is 5.89. The number of hydrogen-bond acceptors (Lipinski definition) is 4. The average molecular weight is 343 g/mol. The minimum Gasteiger partial charge on any atom is -0.495 e. The van der Waals surface area contributed by atoms with Gasteiger partial charge in [-0.05, 0) is 29.7 Å². The predicted molar refractivity (Wildman–Crippen MR) is 78.2 cm³/mol. The summed E-state index contributed by atoms with van der Waals surface area (Å²) < 4.78 is 43.2. The Hall–Kier alpha value is -2.45. The Morgan fingerprint density at radius 3 is 2.71 bits per heavy atom. The molecule has 1 aromatic rings. The van der Waals surface area contributed by atoms with E-state index >= 15 is 0 Å². The molecule has 2 N–H and O–H groups in total. The van der Waals surface area contributed by atoms with Gasteiger partial charge in [0, 0.05) is 13.1 Å². The van der Waals surface area contributed by atoms with Crippen LogP contribution in [0.5, 0.6) is 5.75 Å². The number of methoxy groups -OCH3 is 1. The quantitative estimate of drug-likeness (QED) is 0.775. The van der Waals surface area contributed by atoms with Crippen LogP contribution in [-0.4, -0.2) is 54.5 Å². The third-order valence-electron chi connectivity index (χ3n) is 4.42. The highest BCUT2D eigenvalue weighted by Crippen LogP contribution is 2.38. The van der Waals surface area contributed by atoms with Crippen LogP contribution in [0.15, 0.2) is 12.1 Å². The summed E-state index contributed by atoms with van der Waals surface area (Å²) in [6.45, 7) is -0.379. The van der Waals surface area contributed by atoms with E-state index in [1.54, 1.807) is 12.1 Å². The van der Waals surface area contributed by atoms with Crippen molar-refractivity contribution in [3.63, 3.8) is 0 Å². The number of hydrogen-bond donors (Lipinski definition) is 1. The molecule has 0 aliphatic carbocycles. The topological polar surface area (TPSA) is 75.9 Å². The Bertz CT molecular complexity index is 705. The first-order chi connectivity index (χ1) is 11.2. The third kappa shape index (κ3) is 2.63. The molecule has 3 rings (SSSR count). The molecule has 1 saturated heterocycles. The Morgan fingerprint density at radius 2 is 2.08 bits per heavy atom. The number of nitrogen functional groups attached to an aromatic ring is 1. The maximum Gasteiger partial charge on any atom is 0.471 e. The second kappa shape index (κ2) is 5.57. The number of halogens is 3. The average Bonchev–Trinajstić information content (AvgIpc) is 2.52. The summed E-state index contributed by atoms with van der Waals surface area (Å²) in [6.07, 6.45) is -4.44. The first-order valence-corrected chi connectivity index (χ1v) is 7.34. The monoisotopic (exact) mass is 343 g/mol. The summed E-state index contributed by atoms with van der Waals surface area (Å²) in [5, 5.41) is 0. The molecule has 6 nitrogen and oxygen atoms in total. The lowest BCUT2D eigenvalue weighted by Gasteiger charge is -2.44. The molecule has 0 aromatic heterocycles. The van der Waals surface area contributed by atoms with Crippen LogP contribution < -0.4 is 10.5 Å². The van der Waals surface area contributed by atoms with Crippen LogP contribution in [-0.2, 0) is 16.0 Å². The van der Waals surface area contributed by atoms with E-state index in [9.17, 15) is 22.8 Å². The molecule has 2 aliphatic rings. The van der Waals surface area contributed by atoms with Crippen LogP contribution in [0.4, 0.5) is 18.9 Å². The van der Waals surface area contributed by atoms with Crippen molar-refractivity contribution in [2.24, 2.45) is 0 Å². The van der Waals surface area contributed by atoms with Gasteiger partial charge < -0.3 is 20.3 Å². The number of amides is 2. The van der Waals surface area contributed by atoms with E-state index in [4.69, 9.17) is 10.5 Å². The molecule has 0 bridgehead atoms. The van der Waals surface area contributed by atoms with Gasteiger partial charge in [0.25, 0.3) is 0 Å². The van der Waals surface area contributed by atoms with Crippen LogP contribution in [0.1, 0.15) is 17.2 Å². The van der Waals surface area contributed by atoms with Crippen molar-refractivity contribution in [1.82, 2.24) is 9.80 Å². The van der Waals surface area contributed by atoms with Crippen LogP contribution in [0, 0.1) is 0 Å². The molecular formula is C15H16F3N3O3. The molecule has 1 aromatic carbocycles. The van der Waals surface area contributed by atoms with E-state index in [1.165, 1.54) is 12.0 Å². The molecule has 2 aliphatic heterocycles. The number of carbonyl (C=O) groups excluding carboxylic acids is 2. The van der Waals surface area contributed by atoms with E-state index in [0.717, 1.165) is 5.56 Å². The molecule has 24 heavy (non-hydrogen) atoms. The first-order valence-electron chi connectivity index (χ1n) is 7.34. The van der Waals surface area contributed by atoms with Crippen molar-refractivity contribution in [3.05, 3.63) is 23.3 Å². The number of piperazine rings is 1. The highest BCUT2D eigenvalue weighted by atomic mass is 19.4. The van der Waals surface area contributed by atoms with Gasteiger partial charge in [-0.3, -0.25) is 9.59 Å². The summed E-state index contributed by atoms with van der Waals surface area (Å²) in [6, 6.07) is 2.71. The van der Waals surface area contributed by atoms with E-state index in [-0.39, 0.29) is 6.54 Å². The van der Waals surface area contributed by atoms with Crippen molar-refractivity contribution in [2.45, 2.75) is 18.6 Å². The summed E-state index contributed by atoms with van der Waals surface area (Å²) in [7, 11) is 1.47. The minimum atomic E-state index is -5.00. The predicted octanol–water partition coefficient (Wildman–Crippen LogP) is 1.11. The second-order valence-corrected chi connectivity index (χ2v) is 5.83. The SMILES string of the molecule is COc1cc2c(cc1N)C1CN(C(=O)C(F)(F)F)CC(=O)N1CC2. The Labute approximate surface area is 135 Å². The van der Waals surface area contributed by atoms with Gasteiger partial charge in [0.2, 0.25) is 5.91 Å². The second-order valence-electron chi connectivity index (χ2n) is 5.83. The minimum absolute atomic E-state index is 0.206. The molecule has 0 spiro atoms. The van der Waals surface area contributed by atoms with Crippen molar-refractivity contribution in [2.75, 3.05) is 32.5 Å². The van der Waals surface area contributed by atoms with Gasteiger partial charge in [0.15, 0.2) is 0 Å². The summed E-state index contributed by atoms with van der Waals surface area (Å²) >= 11 is 0. The number of benzene rings is 1. The number of ether oxygens (including phenoxy) is 1. The van der Waals surface area contributed by atoms with Crippen LogP contribution in [0.3, 0.4) is 0 Å². The van der Waals surface area contributed by atoms with Gasteiger partial charge in [0.1, 0.15) is 12.3 Å². The first kappa shape index (κ1) is 16.4. The number of anilines is 1. The number of carbonyl (C=O) groups is 2. The van der Waals surface area contributed by atoms with Crippen molar-refractivity contribution in [3.8, 4) is 5.75 Å². The standard InChI is InChI=1S/C15H16F3N3O3/c1-24-12-4-8-2-3-21-11(9(8)5-10(12)19)6-20(7-13(21)22)14(23)15(16,17)18/h4-5,11H,2-3,6-7,19H2,1H3. The maximum absolute atomic E-state index is 12.7. The fourth-order valence-corrected chi connectivity index (χ4v) is 3.28. The Kier molecular flexibility index (Phi) is 3.81. The number of nitrogens with two attached hydrogens (primary N) is 1. The largest absolute Gasteiger partial charge is 0.495 e. The smallest absolute Gasteiger partial charge is 0.471 e. The van der Waals surface area contributed by atoms with Gasteiger partial charge in [0.05, 0.1) is 18.8 Å². The number of nitrogens with zero attached hydrogens (tertiary/aromatic N) is 2. The van der Waals surface area contributed by atoms with Gasteiger partial charge in [-0.2, -0.15) is 13.2 Å². The lowest BCUT2D eigenvalue weighted by Crippen LogP contribution is -2.57. The van der Waals surface area contributed by atoms with E-state index in [0.29, 0.717) is 34.9 Å². The molecular weight excluding hydrogens is 327 g/mol. The maximum atomic E-state index is 12.7. The van der Waals surface area contributed by atoms with Crippen LogP contribution in [0.2, 0.25) is 0 Å². The number of alkyl halides is 3. The molecule has 0 saturated carbocycles. The molecule has 9 heteroatoms. The summed E-state index contributed by atoms with van der Waals surface area (Å²) in [4.78, 5) is 25.8. The normalized spacial score (nSPS) is 20.5. The van der Waals surface area contributed by atoms with Gasteiger partial charge in [-0.25, -0.2) is 0 Å². The Balaban J connectivity index is 1.97. The summed E-state index contributed by atoms with van der Waals surface area (Å²) in [5.41, 5.74) is 7.74. The van der Waals surface area contributed by atoms with Crippen molar-refractivity contribution < 1.29 is 27.5 Å². The van der Waals surface area contributed by atoms with Crippen molar-refractivity contribution >= 4 is 17.5 Å². The lowest BCUT2D eigenvalue weighted by molar-refractivity contribution is -0.189. The number of fused-ring (bicyclic) bond motifs is 3. The molecule has 1 fully saturated rings. The van der Waals surface area contributed by atoms with Crippen LogP contribution in [0.25, 0.3) is 0 Å². The number of rotatable bonds is 1. The molecule has 1 atom stereocenters. The fourth-order valence-electron chi connectivity index (χ4n) is 3.28. The van der Waals surface area contributed by atoms with Gasteiger partial charge >= 0.3 is 12.1 Å². The lowest BCUT2D eigenvalue weighted by atomic mass is 9.90. The zero-order valence-corrected chi connectivity index (χ0v) is 12.9. The fraction of sp³-hybridized carbons (Fsp3) is 0.467. The van der Waals surface area contributed by atoms with E-state index < -0.39 is 30.6 Å². The molecule has 0 radical (unpaired) electrons. The van der Waals surface area contributed by atoms with E-state index in [2.05, 4.69) is 0 Å². The zero-order valence-electron chi connectivity index (χ0n) is 12.9. The molecule has 130 valence electrons. The highest BCUT2D eigenvalue weighted by Gasteiger charge is 2.47. The molecule has 1 unspecified atom stereocenters.